The van der Waals surface area contributed by atoms with Crippen molar-refractivity contribution in [2.24, 2.45) is 0 Å². The van der Waals surface area contributed by atoms with Gasteiger partial charge in [0.2, 0.25) is 0 Å². The minimum Gasteiger partial charge on any atom is -0.494 e. The minimum atomic E-state index is -1.69. The molecule has 0 aliphatic rings. The first-order chi connectivity index (χ1) is 20.8. The Labute approximate surface area is 261 Å². The Morgan fingerprint density at radius 2 is 0.628 bits per heavy atom. The molecule has 0 unspecified atom stereocenters. The number of rotatable bonds is 14. The monoisotopic (exact) mass is 612 g/mol. The van der Waals surface area contributed by atoms with Crippen molar-refractivity contribution in [2.75, 3.05) is 26.4 Å². The highest BCUT2D eigenvalue weighted by atomic mass is 28.4. The average Bonchev–Trinajstić information content (AvgIpc) is 2.98. The van der Waals surface area contributed by atoms with Gasteiger partial charge in [-0.1, -0.05) is 48.5 Å². The summed E-state index contributed by atoms with van der Waals surface area (Å²) < 4.78 is 31.0. The number of ether oxygens (including phenoxy) is 4. The van der Waals surface area contributed by atoms with Crippen LogP contribution >= 0.6 is 0 Å². The number of benzene rings is 4. The molecule has 0 spiro atoms. The highest BCUT2D eigenvalue weighted by Gasteiger charge is 2.30. The van der Waals surface area contributed by atoms with E-state index in [1.165, 1.54) is 20.7 Å². The van der Waals surface area contributed by atoms with Crippen LogP contribution in [0.3, 0.4) is 0 Å². The van der Waals surface area contributed by atoms with Crippen molar-refractivity contribution >= 4 is 38.8 Å². The Hall–Kier alpha value is -3.53. The number of hydrogen-bond acceptors (Lipinski definition) is 5. The summed E-state index contributed by atoms with van der Waals surface area (Å²) in [5, 5.41) is 4.73. The Bertz CT molecular complexity index is 1300. The van der Waals surface area contributed by atoms with E-state index in [9.17, 15) is 0 Å². The molecule has 0 bridgehead atoms. The van der Waals surface area contributed by atoms with Crippen LogP contribution in [0.1, 0.15) is 49.9 Å². The maximum atomic E-state index is 7.45. The Kier molecular flexibility index (Phi) is 11.5. The Morgan fingerprint density at radius 1 is 0.395 bits per heavy atom. The second-order valence-electron chi connectivity index (χ2n) is 10.4. The van der Waals surface area contributed by atoms with Crippen molar-refractivity contribution in [3.8, 4) is 23.0 Å². The fourth-order valence-electron chi connectivity index (χ4n) is 5.10. The predicted molar refractivity (Wildman–Crippen MR) is 181 cm³/mol. The Morgan fingerprint density at radius 3 is 0.814 bits per heavy atom. The van der Waals surface area contributed by atoms with E-state index in [4.69, 9.17) is 23.1 Å². The normalized spacial score (nSPS) is 11.2. The third kappa shape index (κ3) is 7.90. The van der Waals surface area contributed by atoms with Crippen LogP contribution in [0, 0.1) is 27.7 Å². The van der Waals surface area contributed by atoms with E-state index in [0.717, 1.165) is 45.3 Å². The molecular weight excluding hydrogens is 569 g/mol. The van der Waals surface area contributed by atoms with E-state index >= 15 is 0 Å². The van der Waals surface area contributed by atoms with Crippen LogP contribution in [0.4, 0.5) is 0 Å². The zero-order chi connectivity index (χ0) is 30.9. The average molecular weight is 613 g/mol. The van der Waals surface area contributed by atoms with Crippen LogP contribution in [0.5, 0.6) is 23.0 Å². The summed E-state index contributed by atoms with van der Waals surface area (Å²) in [6, 6.07) is 25.9. The van der Waals surface area contributed by atoms with E-state index in [0.29, 0.717) is 26.4 Å². The van der Waals surface area contributed by atoms with Gasteiger partial charge in [-0.05, 0) is 123 Å². The molecule has 0 heterocycles. The zero-order valence-electron chi connectivity index (χ0n) is 26.8. The van der Waals surface area contributed by atoms with Crippen LogP contribution in [-0.4, -0.2) is 44.5 Å². The van der Waals surface area contributed by atoms with Crippen LogP contribution in [-0.2, 0) is 4.12 Å². The van der Waals surface area contributed by atoms with Gasteiger partial charge in [0.15, 0.2) is 0 Å². The van der Waals surface area contributed by atoms with E-state index in [1.807, 2.05) is 27.7 Å². The van der Waals surface area contributed by atoms with Crippen LogP contribution in [0.15, 0.2) is 72.8 Å². The summed E-state index contributed by atoms with van der Waals surface area (Å²) in [5.74, 6) is 3.63. The van der Waals surface area contributed by atoms with Gasteiger partial charge in [-0.3, -0.25) is 0 Å². The van der Waals surface area contributed by atoms with Gasteiger partial charge in [-0.25, -0.2) is 0 Å². The SMILES string of the molecule is CCOc1ccc([Si](O[Si](c2ccc(OCC)c(C)c2)c2ccc(OCC)c(C)c2)c2ccc(OCC)c(C)c2)cc1C. The molecule has 5 nitrogen and oxygen atoms in total. The maximum absolute atomic E-state index is 7.45. The molecule has 226 valence electrons. The third-order valence-electron chi connectivity index (χ3n) is 7.15. The molecule has 0 N–H and O–H groups in total. The molecule has 2 radical (unpaired) electrons. The van der Waals surface area contributed by atoms with Gasteiger partial charge >= 0.3 is 0 Å². The molecule has 0 saturated heterocycles. The van der Waals surface area contributed by atoms with Crippen LogP contribution < -0.4 is 39.7 Å². The van der Waals surface area contributed by atoms with Gasteiger partial charge < -0.3 is 23.1 Å². The quantitative estimate of drug-likeness (QED) is 0.178. The summed E-state index contributed by atoms with van der Waals surface area (Å²) in [6.07, 6.45) is 0. The standard InChI is InChI=1S/C36H44O5Si2/c1-9-37-33-17-13-29(21-25(33)5)42(30-14-18-34(38-10-2)26(6)22-30)41-43(31-15-19-35(39-11-3)27(7)23-31)32-16-20-36(40-12-4)28(8)24-32/h13-24H,9-12H2,1-8H3. The van der Waals surface area contributed by atoms with Gasteiger partial charge in [0.1, 0.15) is 23.0 Å². The predicted octanol–water partition coefficient (Wildman–Crippen LogP) is 5.44. The molecule has 0 aliphatic carbocycles. The first kappa shape index (κ1) is 32.4. The molecule has 0 saturated carbocycles. The highest BCUT2D eigenvalue weighted by Crippen LogP contribution is 2.21. The molecule has 43 heavy (non-hydrogen) atoms. The lowest BCUT2D eigenvalue weighted by atomic mass is 10.2. The molecule has 0 aliphatic heterocycles. The lowest BCUT2D eigenvalue weighted by molar-refractivity contribution is 0.338. The minimum absolute atomic E-state index is 0.633. The fourth-order valence-corrected chi connectivity index (χ4v) is 10.8. The summed E-state index contributed by atoms with van der Waals surface area (Å²) in [4.78, 5) is 0. The number of aryl methyl sites for hydroxylation is 4. The summed E-state index contributed by atoms with van der Waals surface area (Å²) in [7, 11) is -3.39. The Balaban J connectivity index is 1.86. The van der Waals surface area contributed by atoms with Gasteiger partial charge in [-0.15, -0.1) is 0 Å². The van der Waals surface area contributed by atoms with Gasteiger partial charge in [-0.2, -0.15) is 0 Å². The summed E-state index contributed by atoms with van der Waals surface area (Å²) in [6.45, 7) is 19.0. The van der Waals surface area contributed by atoms with Crippen molar-refractivity contribution in [1.29, 1.82) is 0 Å². The smallest absolute Gasteiger partial charge is 0.272 e. The molecule has 0 atom stereocenters. The molecule has 0 fully saturated rings. The fraction of sp³-hybridized carbons (Fsp3) is 0.333. The van der Waals surface area contributed by atoms with Crippen LogP contribution in [0.25, 0.3) is 0 Å². The maximum Gasteiger partial charge on any atom is 0.272 e. The van der Waals surface area contributed by atoms with Crippen molar-refractivity contribution < 1.29 is 23.1 Å². The van der Waals surface area contributed by atoms with Crippen molar-refractivity contribution in [3.63, 3.8) is 0 Å². The summed E-state index contributed by atoms with van der Waals surface area (Å²) in [5.41, 5.74) is 4.43. The van der Waals surface area contributed by atoms with Gasteiger partial charge in [0.05, 0.1) is 26.4 Å². The number of hydrogen-bond donors (Lipinski definition) is 0. The molecule has 0 amide bonds. The molecular formula is C36H44O5Si2. The largest absolute Gasteiger partial charge is 0.494 e. The van der Waals surface area contributed by atoms with Gasteiger partial charge in [0.25, 0.3) is 18.1 Å². The van der Waals surface area contributed by atoms with Crippen molar-refractivity contribution in [2.45, 2.75) is 55.4 Å². The lowest BCUT2D eigenvalue weighted by Gasteiger charge is -2.25. The second kappa shape index (κ2) is 15.3. The van der Waals surface area contributed by atoms with Crippen LogP contribution in [0.2, 0.25) is 0 Å². The van der Waals surface area contributed by atoms with E-state index < -0.39 is 18.1 Å². The van der Waals surface area contributed by atoms with Gasteiger partial charge in [0, 0.05) is 0 Å². The first-order valence-corrected chi connectivity index (χ1v) is 18.0. The zero-order valence-corrected chi connectivity index (χ0v) is 28.8. The van der Waals surface area contributed by atoms with E-state index in [1.54, 1.807) is 0 Å². The molecule has 4 rings (SSSR count). The molecule has 7 heteroatoms. The molecule has 4 aromatic carbocycles. The van der Waals surface area contributed by atoms with Crippen molar-refractivity contribution in [3.05, 3.63) is 95.1 Å². The molecule has 0 aromatic heterocycles. The summed E-state index contributed by atoms with van der Waals surface area (Å²) >= 11 is 0. The van der Waals surface area contributed by atoms with E-state index in [2.05, 4.69) is 100 Å². The topological polar surface area (TPSA) is 46.2 Å². The third-order valence-corrected chi connectivity index (χ3v) is 12.1. The first-order valence-electron chi connectivity index (χ1n) is 15.2. The second-order valence-corrected chi connectivity index (χ2v) is 14.9. The van der Waals surface area contributed by atoms with Crippen molar-refractivity contribution in [1.82, 2.24) is 0 Å². The van der Waals surface area contributed by atoms with E-state index in [-0.39, 0.29) is 0 Å². The highest BCUT2D eigenvalue weighted by molar-refractivity contribution is 6.91. The lowest BCUT2D eigenvalue weighted by Crippen LogP contribution is -2.56. The molecule has 4 aromatic rings.